The molecule has 0 unspecified atom stereocenters. The Morgan fingerprint density at radius 3 is 2.17 bits per heavy atom. The van der Waals surface area contributed by atoms with Crippen molar-refractivity contribution in [2.24, 2.45) is 5.92 Å². The zero-order valence-electron chi connectivity index (χ0n) is 16.2. The van der Waals surface area contributed by atoms with E-state index in [4.69, 9.17) is 9.47 Å². The molecule has 8 heteroatoms. The third-order valence-corrected chi connectivity index (χ3v) is 4.56. The molecule has 2 aromatic carbocycles. The molecule has 1 aliphatic heterocycles. The summed E-state index contributed by atoms with van der Waals surface area (Å²) in [7, 11) is 0. The lowest BCUT2D eigenvalue weighted by Crippen LogP contribution is -2.31. The monoisotopic (exact) mass is 428 g/mol. The van der Waals surface area contributed by atoms with Gasteiger partial charge in [-0.2, -0.15) is 8.78 Å². The van der Waals surface area contributed by atoms with Crippen LogP contribution in [-0.2, 0) is 9.47 Å². The largest absolute Gasteiger partial charge is 0.429 e. The first-order valence-electron chi connectivity index (χ1n) is 9.52. The Labute approximate surface area is 171 Å². The van der Waals surface area contributed by atoms with E-state index in [0.717, 1.165) is 31.1 Å². The van der Waals surface area contributed by atoms with Crippen LogP contribution in [0.1, 0.15) is 19.8 Å². The molecule has 0 aromatic heterocycles. The quantitative estimate of drug-likeness (QED) is 0.304. The van der Waals surface area contributed by atoms with E-state index in [-0.39, 0.29) is 17.2 Å². The summed E-state index contributed by atoms with van der Waals surface area (Å²) in [6, 6.07) is 6.76. The Morgan fingerprint density at radius 1 is 1.00 bits per heavy atom. The van der Waals surface area contributed by atoms with E-state index >= 15 is 0 Å². The predicted molar refractivity (Wildman–Crippen MR) is 101 cm³/mol. The fourth-order valence-electron chi connectivity index (χ4n) is 3.06. The molecule has 1 saturated heterocycles. The molecule has 1 heterocycles. The average Bonchev–Trinajstić information content (AvgIpc) is 2.72. The second-order valence-electron chi connectivity index (χ2n) is 6.99. The van der Waals surface area contributed by atoms with E-state index in [9.17, 15) is 22.0 Å². The number of hydrogen-bond acceptors (Lipinski definition) is 3. The summed E-state index contributed by atoms with van der Waals surface area (Å²) in [6.45, 7) is 2.94. The molecule has 2 aromatic rings. The van der Waals surface area contributed by atoms with E-state index in [1.807, 2.05) is 6.92 Å². The Balaban J connectivity index is 1.60. The first-order chi connectivity index (χ1) is 14.3. The highest BCUT2D eigenvalue weighted by molar-refractivity contribution is 5.64. The Kier molecular flexibility index (Phi) is 7.10. The molecule has 0 atom stereocenters. The molecule has 1 aliphatic rings. The first-order valence-corrected chi connectivity index (χ1v) is 9.52. The normalized spacial score (nSPS) is 19.9. The lowest BCUT2D eigenvalue weighted by Gasteiger charge is -2.27. The van der Waals surface area contributed by atoms with Crippen LogP contribution in [0.25, 0.3) is 11.1 Å². The van der Waals surface area contributed by atoms with Gasteiger partial charge in [0, 0.05) is 12.0 Å². The van der Waals surface area contributed by atoms with Crippen LogP contribution in [0.2, 0.25) is 0 Å². The highest BCUT2D eigenvalue weighted by Crippen LogP contribution is 2.28. The zero-order valence-corrected chi connectivity index (χ0v) is 16.2. The summed E-state index contributed by atoms with van der Waals surface area (Å²) in [5.74, 6) is -4.15. The van der Waals surface area contributed by atoms with Crippen LogP contribution in [0.5, 0.6) is 5.75 Å². The van der Waals surface area contributed by atoms with Crippen LogP contribution in [0, 0.1) is 23.4 Å². The van der Waals surface area contributed by atoms with Gasteiger partial charge in [-0.25, -0.2) is 13.2 Å². The summed E-state index contributed by atoms with van der Waals surface area (Å²) in [6.07, 6.45) is -0.894. The maximum Gasteiger partial charge on any atom is 0.419 e. The average molecular weight is 428 g/mol. The molecule has 162 valence electrons. The Bertz CT molecular complexity index is 852. The topological polar surface area (TPSA) is 27.7 Å². The van der Waals surface area contributed by atoms with Crippen LogP contribution in [0.15, 0.2) is 48.6 Å². The summed E-state index contributed by atoms with van der Waals surface area (Å²) in [5.41, 5.74) is 0.377. The zero-order chi connectivity index (χ0) is 21.7. The summed E-state index contributed by atoms with van der Waals surface area (Å²) >= 11 is 0. The predicted octanol–water partition coefficient (Wildman–Crippen LogP) is 6.09. The first kappa shape index (κ1) is 22.2. The van der Waals surface area contributed by atoms with Gasteiger partial charge in [-0.1, -0.05) is 25.5 Å². The molecular weight excluding hydrogens is 407 g/mol. The van der Waals surface area contributed by atoms with Gasteiger partial charge in [-0.15, -0.1) is 0 Å². The Hall–Kier alpha value is -2.45. The highest BCUT2D eigenvalue weighted by atomic mass is 19.3. The van der Waals surface area contributed by atoms with Crippen molar-refractivity contribution >= 4 is 0 Å². The molecule has 0 saturated carbocycles. The van der Waals surface area contributed by atoms with Gasteiger partial charge in [-0.05, 0) is 47.9 Å². The minimum Gasteiger partial charge on any atom is -0.429 e. The van der Waals surface area contributed by atoms with E-state index < -0.39 is 29.9 Å². The van der Waals surface area contributed by atoms with Gasteiger partial charge in [0.15, 0.2) is 23.7 Å². The minimum atomic E-state index is -3.62. The van der Waals surface area contributed by atoms with Crippen LogP contribution in [-0.4, -0.2) is 25.6 Å². The lowest BCUT2D eigenvalue weighted by atomic mass is 10.1. The highest BCUT2D eigenvalue weighted by Gasteiger charge is 2.29. The summed E-state index contributed by atoms with van der Waals surface area (Å²) in [4.78, 5) is 0. The fraction of sp³-hybridized carbons (Fsp3) is 0.364. The van der Waals surface area contributed by atoms with Crippen molar-refractivity contribution in [2.45, 2.75) is 32.2 Å². The van der Waals surface area contributed by atoms with Crippen molar-refractivity contribution < 1.29 is 36.2 Å². The number of ether oxygens (including phenoxy) is 3. The molecule has 0 radical (unpaired) electrons. The van der Waals surface area contributed by atoms with Gasteiger partial charge in [0.1, 0.15) is 5.75 Å². The molecule has 0 aliphatic carbocycles. The van der Waals surface area contributed by atoms with E-state index in [0.29, 0.717) is 24.9 Å². The van der Waals surface area contributed by atoms with Crippen molar-refractivity contribution in [3.8, 4) is 16.9 Å². The van der Waals surface area contributed by atoms with Crippen molar-refractivity contribution in [2.75, 3.05) is 13.2 Å². The molecule has 0 N–H and O–H groups in total. The number of alkyl halides is 2. The molecular formula is C22H21F5O3. The van der Waals surface area contributed by atoms with Crippen molar-refractivity contribution in [1.82, 2.24) is 0 Å². The molecule has 0 spiro atoms. The van der Waals surface area contributed by atoms with Gasteiger partial charge >= 0.3 is 6.11 Å². The van der Waals surface area contributed by atoms with Gasteiger partial charge in [0.05, 0.1) is 13.2 Å². The van der Waals surface area contributed by atoms with Crippen LogP contribution >= 0.6 is 0 Å². The third-order valence-electron chi connectivity index (χ3n) is 4.56. The Morgan fingerprint density at radius 2 is 1.60 bits per heavy atom. The van der Waals surface area contributed by atoms with E-state index in [1.165, 1.54) is 24.3 Å². The molecule has 30 heavy (non-hydrogen) atoms. The van der Waals surface area contributed by atoms with Gasteiger partial charge in [0.25, 0.3) is 0 Å². The molecule has 0 amide bonds. The van der Waals surface area contributed by atoms with Crippen LogP contribution in [0.4, 0.5) is 22.0 Å². The smallest absolute Gasteiger partial charge is 0.419 e. The van der Waals surface area contributed by atoms with E-state index in [2.05, 4.69) is 4.74 Å². The standard InChI is InChI=1S/C22H21F5O3/c1-2-3-14-12-28-20(29-13-14)8-9-22(26,27)30-17-6-4-15(5-7-17)16-10-18(23)21(25)19(24)11-16/h4-11,14,20H,2-3,12-13H2,1H3. The van der Waals surface area contributed by atoms with Gasteiger partial charge in [-0.3, -0.25) is 0 Å². The van der Waals surface area contributed by atoms with E-state index in [1.54, 1.807) is 0 Å². The van der Waals surface area contributed by atoms with Gasteiger partial charge < -0.3 is 14.2 Å². The van der Waals surface area contributed by atoms with Crippen LogP contribution < -0.4 is 4.74 Å². The molecule has 0 bridgehead atoms. The molecule has 3 rings (SSSR count). The van der Waals surface area contributed by atoms with Gasteiger partial charge in [0.2, 0.25) is 0 Å². The fourth-order valence-corrected chi connectivity index (χ4v) is 3.06. The minimum absolute atomic E-state index is 0.0672. The van der Waals surface area contributed by atoms with Crippen molar-refractivity contribution in [1.29, 1.82) is 0 Å². The number of hydrogen-bond donors (Lipinski definition) is 0. The molecule has 1 fully saturated rings. The second kappa shape index (κ2) is 9.57. The number of benzene rings is 2. The van der Waals surface area contributed by atoms with Crippen molar-refractivity contribution in [3.63, 3.8) is 0 Å². The van der Waals surface area contributed by atoms with Crippen LogP contribution in [0.3, 0.4) is 0 Å². The number of halogens is 5. The summed E-state index contributed by atoms with van der Waals surface area (Å²) < 4.78 is 83.4. The summed E-state index contributed by atoms with van der Waals surface area (Å²) in [5, 5.41) is 0. The second-order valence-corrected chi connectivity index (χ2v) is 6.99. The van der Waals surface area contributed by atoms with Crippen molar-refractivity contribution in [3.05, 3.63) is 66.0 Å². The molecule has 3 nitrogen and oxygen atoms in total. The lowest BCUT2D eigenvalue weighted by molar-refractivity contribution is -0.178. The SMILES string of the molecule is CCCC1COC(C=CC(F)(F)Oc2ccc(-c3cc(F)c(F)c(F)c3)cc2)OC1. The maximum atomic E-state index is 14.1. The third kappa shape index (κ3) is 5.79. The number of rotatable bonds is 7. The maximum absolute atomic E-state index is 14.1.